The minimum absolute atomic E-state index is 0.108. The summed E-state index contributed by atoms with van der Waals surface area (Å²) in [5.74, 6) is 0. The van der Waals surface area contributed by atoms with Gasteiger partial charge in [-0.05, 0) is 12.2 Å². The Balaban J connectivity index is 2.81. The van der Waals surface area contributed by atoms with E-state index in [0.717, 1.165) is 0 Å². The third-order valence-corrected chi connectivity index (χ3v) is 2.50. The van der Waals surface area contributed by atoms with Gasteiger partial charge in [0.2, 0.25) is 0 Å². The molecule has 0 aliphatic rings. The molecule has 0 atom stereocenters. The number of rotatable bonds is 3. The first-order valence-electron chi connectivity index (χ1n) is 3.47. The van der Waals surface area contributed by atoms with Crippen LogP contribution in [0.2, 0.25) is 0 Å². The van der Waals surface area contributed by atoms with Crippen molar-refractivity contribution in [2.24, 2.45) is 12.8 Å². The van der Waals surface area contributed by atoms with Crippen LogP contribution in [0.5, 0.6) is 0 Å². The number of sulfonamides is 1. The average Bonchev–Trinajstić information content (AvgIpc) is 2.49. The molecule has 1 rings (SSSR count). The quantitative estimate of drug-likeness (QED) is 0.433. The predicted molar refractivity (Wildman–Crippen MR) is 53.5 cm³/mol. The van der Waals surface area contributed by atoms with Gasteiger partial charge < -0.3 is 10.3 Å². The molecular weight excluding hydrogens is 226 g/mol. The summed E-state index contributed by atoms with van der Waals surface area (Å²) in [6.07, 6.45) is 2.72. The smallest absolute Gasteiger partial charge is 0.276 e. The van der Waals surface area contributed by atoms with Crippen LogP contribution >= 0.6 is 12.2 Å². The van der Waals surface area contributed by atoms with E-state index in [1.807, 2.05) is 4.83 Å². The Morgan fingerprint density at radius 2 is 2.36 bits per heavy atom. The number of aryl methyl sites for hydroxylation is 1. The number of hydrazine groups is 1. The van der Waals surface area contributed by atoms with Crippen LogP contribution in [0, 0.1) is 0 Å². The lowest BCUT2D eigenvalue weighted by Gasteiger charge is -2.04. The molecular formula is C5H9N5O2S2. The summed E-state index contributed by atoms with van der Waals surface area (Å²) in [6, 6.07) is 0. The van der Waals surface area contributed by atoms with Gasteiger partial charge in [-0.15, -0.1) is 4.83 Å². The molecule has 1 aromatic rings. The van der Waals surface area contributed by atoms with Crippen molar-refractivity contribution in [2.45, 2.75) is 5.03 Å². The lowest BCUT2D eigenvalue weighted by molar-refractivity contribution is 0.574. The summed E-state index contributed by atoms with van der Waals surface area (Å²) in [7, 11) is -2.04. The van der Waals surface area contributed by atoms with Crippen LogP contribution in [-0.4, -0.2) is 23.1 Å². The van der Waals surface area contributed by atoms with Gasteiger partial charge in [0.15, 0.2) is 10.1 Å². The van der Waals surface area contributed by atoms with Gasteiger partial charge in [0, 0.05) is 13.2 Å². The molecule has 9 heteroatoms. The number of aromatic nitrogens is 2. The van der Waals surface area contributed by atoms with E-state index in [2.05, 4.69) is 22.6 Å². The van der Waals surface area contributed by atoms with E-state index in [1.165, 1.54) is 17.1 Å². The van der Waals surface area contributed by atoms with Crippen molar-refractivity contribution >= 4 is 27.4 Å². The fraction of sp³-hybridized carbons (Fsp3) is 0.200. The fourth-order valence-electron chi connectivity index (χ4n) is 0.697. The van der Waals surface area contributed by atoms with E-state index >= 15 is 0 Å². The van der Waals surface area contributed by atoms with Crippen LogP contribution in [-0.2, 0) is 17.1 Å². The van der Waals surface area contributed by atoms with Gasteiger partial charge in [0.1, 0.15) is 0 Å². The largest absolute Gasteiger partial charge is 0.375 e. The highest BCUT2D eigenvalue weighted by Gasteiger charge is 2.16. The zero-order valence-electron chi connectivity index (χ0n) is 7.26. The number of nitrogens with two attached hydrogens (primary N) is 1. The molecule has 78 valence electrons. The van der Waals surface area contributed by atoms with Crippen molar-refractivity contribution in [1.82, 2.24) is 19.8 Å². The third kappa shape index (κ3) is 2.65. The number of hydrogen-bond donors (Lipinski definition) is 3. The number of imidazole rings is 1. The van der Waals surface area contributed by atoms with Crippen LogP contribution in [0.15, 0.2) is 17.6 Å². The van der Waals surface area contributed by atoms with Crippen molar-refractivity contribution < 1.29 is 8.42 Å². The lowest BCUT2D eigenvalue weighted by Crippen LogP contribution is -2.44. The molecule has 0 aliphatic heterocycles. The van der Waals surface area contributed by atoms with Crippen molar-refractivity contribution in [3.8, 4) is 0 Å². The number of nitrogens with zero attached hydrogens (tertiary/aromatic N) is 2. The molecule has 0 saturated heterocycles. The normalized spacial score (nSPS) is 11.2. The van der Waals surface area contributed by atoms with E-state index in [-0.39, 0.29) is 10.1 Å². The minimum atomic E-state index is -3.70. The van der Waals surface area contributed by atoms with E-state index < -0.39 is 10.0 Å². The van der Waals surface area contributed by atoms with Crippen LogP contribution in [0.4, 0.5) is 0 Å². The number of hydrogen-bond acceptors (Lipinski definition) is 4. The molecule has 0 amide bonds. The molecule has 0 aliphatic carbocycles. The van der Waals surface area contributed by atoms with E-state index in [9.17, 15) is 8.42 Å². The van der Waals surface area contributed by atoms with Crippen LogP contribution in [0.3, 0.4) is 0 Å². The zero-order chi connectivity index (χ0) is 10.8. The Morgan fingerprint density at radius 1 is 1.71 bits per heavy atom. The van der Waals surface area contributed by atoms with Gasteiger partial charge in [0.25, 0.3) is 10.0 Å². The molecule has 0 fully saturated rings. The fourth-order valence-corrected chi connectivity index (χ4v) is 1.65. The van der Waals surface area contributed by atoms with Crippen LogP contribution in [0.25, 0.3) is 0 Å². The lowest BCUT2D eigenvalue weighted by atomic mass is 10.9. The van der Waals surface area contributed by atoms with Crippen molar-refractivity contribution in [1.29, 1.82) is 0 Å². The maximum Gasteiger partial charge on any atom is 0.276 e. The second-order valence-electron chi connectivity index (χ2n) is 2.47. The molecule has 0 aromatic carbocycles. The summed E-state index contributed by atoms with van der Waals surface area (Å²) in [5.41, 5.74) is 7.17. The molecule has 0 spiro atoms. The summed E-state index contributed by atoms with van der Waals surface area (Å²) >= 11 is 4.43. The van der Waals surface area contributed by atoms with Crippen LogP contribution < -0.4 is 16.0 Å². The summed E-state index contributed by atoms with van der Waals surface area (Å²) < 4.78 is 24.3. The summed E-state index contributed by atoms with van der Waals surface area (Å²) in [5, 5.41) is -0.270. The zero-order valence-corrected chi connectivity index (χ0v) is 8.89. The van der Waals surface area contributed by atoms with Gasteiger partial charge in [-0.1, -0.05) is 0 Å². The average molecular weight is 235 g/mol. The van der Waals surface area contributed by atoms with Crippen molar-refractivity contribution in [2.75, 3.05) is 0 Å². The Hall–Kier alpha value is -1.19. The molecule has 0 bridgehead atoms. The third-order valence-electron chi connectivity index (χ3n) is 1.27. The highest BCUT2D eigenvalue weighted by atomic mass is 32.2. The van der Waals surface area contributed by atoms with Gasteiger partial charge in [-0.25, -0.2) is 13.4 Å². The molecule has 7 nitrogen and oxygen atoms in total. The monoisotopic (exact) mass is 235 g/mol. The standard InChI is InChI=1S/C5H9N5O2S2/c1-10-2-4(7-3-10)14(11,12)9-8-5(6)13/h2-3,9H,1H3,(H3,6,8,13). The van der Waals surface area contributed by atoms with Gasteiger partial charge in [-0.2, -0.15) is 0 Å². The minimum Gasteiger partial charge on any atom is -0.375 e. The molecule has 4 N–H and O–H groups in total. The van der Waals surface area contributed by atoms with E-state index in [1.54, 1.807) is 7.05 Å². The molecule has 1 aromatic heterocycles. The second-order valence-corrected chi connectivity index (χ2v) is 4.54. The van der Waals surface area contributed by atoms with Gasteiger partial charge in [0.05, 0.1) is 6.33 Å². The summed E-state index contributed by atoms with van der Waals surface area (Å²) in [6.45, 7) is 0. The molecule has 1 heterocycles. The SMILES string of the molecule is Cn1cnc(S(=O)(=O)NNC(N)=S)c1. The molecule has 14 heavy (non-hydrogen) atoms. The molecule has 0 radical (unpaired) electrons. The van der Waals surface area contributed by atoms with Crippen molar-refractivity contribution in [3.63, 3.8) is 0 Å². The number of thiocarbonyl (C=S) groups is 1. The maximum absolute atomic E-state index is 11.4. The van der Waals surface area contributed by atoms with Gasteiger partial charge in [-0.3, -0.25) is 5.43 Å². The highest BCUT2D eigenvalue weighted by Crippen LogP contribution is 2.01. The Morgan fingerprint density at radius 3 is 2.79 bits per heavy atom. The topological polar surface area (TPSA) is 102 Å². The summed E-state index contributed by atoms with van der Waals surface area (Å²) in [4.78, 5) is 5.62. The van der Waals surface area contributed by atoms with E-state index in [0.29, 0.717) is 0 Å². The first-order chi connectivity index (χ1) is 6.42. The Kier molecular flexibility index (Phi) is 3.03. The molecule has 0 saturated carbocycles. The Labute approximate surface area is 86.3 Å². The van der Waals surface area contributed by atoms with Crippen LogP contribution in [0.1, 0.15) is 0 Å². The van der Waals surface area contributed by atoms with Crippen molar-refractivity contribution in [3.05, 3.63) is 12.5 Å². The number of nitrogens with one attached hydrogen (secondary N) is 2. The maximum atomic E-state index is 11.4. The van der Waals surface area contributed by atoms with Gasteiger partial charge >= 0.3 is 0 Å². The second kappa shape index (κ2) is 3.90. The Bertz CT molecular complexity index is 437. The first-order valence-corrected chi connectivity index (χ1v) is 5.36. The highest BCUT2D eigenvalue weighted by molar-refractivity contribution is 7.89. The predicted octanol–water partition coefficient (Wildman–Crippen LogP) is -1.55. The first kappa shape index (κ1) is 10.9. The van der Waals surface area contributed by atoms with E-state index in [4.69, 9.17) is 5.73 Å². The molecule has 0 unspecified atom stereocenters.